The Balaban J connectivity index is 1.99. The van der Waals surface area contributed by atoms with E-state index in [-0.39, 0.29) is 51.9 Å². The molecule has 0 spiro atoms. The summed E-state index contributed by atoms with van der Waals surface area (Å²) in [6.45, 7) is 2.85. The van der Waals surface area contributed by atoms with Crippen LogP contribution in [-0.4, -0.2) is 30.6 Å². The van der Waals surface area contributed by atoms with Crippen molar-refractivity contribution in [3.8, 4) is 0 Å². The number of anilines is 1. The summed E-state index contributed by atoms with van der Waals surface area (Å²) in [6, 6.07) is 0.441. The van der Waals surface area contributed by atoms with Gasteiger partial charge in [-0.25, -0.2) is 9.59 Å². The van der Waals surface area contributed by atoms with Gasteiger partial charge < -0.3 is 14.8 Å². The van der Waals surface area contributed by atoms with Crippen molar-refractivity contribution < 1.29 is 50.2 Å². The maximum absolute atomic E-state index is 13.2. The van der Waals surface area contributed by atoms with Crippen LogP contribution in [0, 0.1) is 6.92 Å². The first kappa shape index (κ1) is 28.5. The first-order chi connectivity index (χ1) is 17.2. The summed E-state index contributed by atoms with van der Waals surface area (Å²) in [5.74, 6) is -3.02. The second-order valence-electron chi connectivity index (χ2n) is 8.39. The van der Waals surface area contributed by atoms with E-state index in [1.54, 1.807) is 0 Å². The minimum absolute atomic E-state index is 0.0380. The molecule has 0 bridgehead atoms. The van der Waals surface area contributed by atoms with E-state index in [1.807, 2.05) is 0 Å². The lowest BCUT2D eigenvalue weighted by Gasteiger charge is -2.21. The molecule has 0 radical (unpaired) electrons. The van der Waals surface area contributed by atoms with E-state index < -0.39 is 46.9 Å². The van der Waals surface area contributed by atoms with Crippen molar-refractivity contribution in [2.75, 3.05) is 11.9 Å². The van der Waals surface area contributed by atoms with E-state index in [0.717, 1.165) is 19.3 Å². The second kappa shape index (κ2) is 11.1. The van der Waals surface area contributed by atoms with Crippen molar-refractivity contribution in [3.63, 3.8) is 0 Å². The summed E-state index contributed by atoms with van der Waals surface area (Å²) in [6.07, 6.45) is -6.51. The summed E-state index contributed by atoms with van der Waals surface area (Å²) < 4.78 is 89.7. The number of hydrogen-bond donors (Lipinski definition) is 1. The number of ether oxygens (including phenoxy) is 2. The Bertz CT molecular complexity index is 1150. The number of carbonyl (C=O) groups excluding carboxylic acids is 3. The Morgan fingerprint density at radius 2 is 1.51 bits per heavy atom. The van der Waals surface area contributed by atoms with Gasteiger partial charge in [0.25, 0.3) is 5.91 Å². The second-order valence-corrected chi connectivity index (χ2v) is 9.42. The molecule has 13 heteroatoms. The molecule has 0 saturated heterocycles. The Morgan fingerprint density at radius 1 is 0.946 bits per heavy atom. The highest BCUT2D eigenvalue weighted by Crippen LogP contribution is 2.38. The molecule has 1 saturated carbocycles. The number of amides is 1. The standard InChI is InChI=1S/C24H23F6NO5S/c1-3-35-21(33)17-12(2)18(22(34)36-16-7-5-4-6-8-16)37-20(17)31-19(32)13-9-14(23(25,26)27)11-15(10-13)24(28,29)30/h9-11,16H,3-8H2,1-2H3,(H,31,32). The molecule has 0 aliphatic heterocycles. The van der Waals surface area contributed by atoms with Crippen molar-refractivity contribution in [1.29, 1.82) is 0 Å². The number of alkyl halides is 6. The number of benzene rings is 1. The summed E-state index contributed by atoms with van der Waals surface area (Å²) in [5.41, 5.74) is -4.40. The Kier molecular flexibility index (Phi) is 8.56. The van der Waals surface area contributed by atoms with Crippen molar-refractivity contribution in [3.05, 3.63) is 50.9 Å². The fourth-order valence-corrected chi connectivity index (χ4v) is 4.97. The molecule has 0 unspecified atom stereocenters. The molecule has 1 heterocycles. The fraction of sp³-hybridized carbons (Fsp3) is 0.458. The third kappa shape index (κ3) is 6.82. The molecular formula is C24H23F6NO5S. The van der Waals surface area contributed by atoms with Gasteiger partial charge in [0, 0.05) is 5.56 Å². The zero-order valence-electron chi connectivity index (χ0n) is 19.8. The zero-order chi connectivity index (χ0) is 27.5. The molecule has 1 aliphatic rings. The summed E-state index contributed by atoms with van der Waals surface area (Å²) >= 11 is 0.628. The number of thiophene rings is 1. The van der Waals surface area contributed by atoms with Crippen LogP contribution in [-0.2, 0) is 21.8 Å². The van der Waals surface area contributed by atoms with Gasteiger partial charge in [-0.15, -0.1) is 11.3 Å². The van der Waals surface area contributed by atoms with Crippen molar-refractivity contribution in [1.82, 2.24) is 0 Å². The summed E-state index contributed by atoms with van der Waals surface area (Å²) in [5, 5.41) is 1.92. The van der Waals surface area contributed by atoms with Crippen LogP contribution in [0.5, 0.6) is 0 Å². The molecule has 0 atom stereocenters. The van der Waals surface area contributed by atoms with Gasteiger partial charge in [-0.2, -0.15) is 26.3 Å². The molecule has 1 amide bonds. The molecular weight excluding hydrogens is 528 g/mol. The molecule has 1 fully saturated rings. The van der Waals surface area contributed by atoms with Crippen LogP contribution in [0.15, 0.2) is 18.2 Å². The Labute approximate surface area is 211 Å². The summed E-state index contributed by atoms with van der Waals surface area (Å²) in [4.78, 5) is 38.2. The van der Waals surface area contributed by atoms with Crippen LogP contribution in [0.4, 0.5) is 31.3 Å². The normalized spacial score (nSPS) is 14.8. The quantitative estimate of drug-likeness (QED) is 0.309. The number of halogens is 6. The van der Waals surface area contributed by atoms with Crippen LogP contribution < -0.4 is 5.32 Å². The minimum atomic E-state index is -5.15. The largest absolute Gasteiger partial charge is 0.462 e. The lowest BCUT2D eigenvalue weighted by molar-refractivity contribution is -0.143. The molecule has 1 aromatic heterocycles. The highest BCUT2D eigenvalue weighted by molar-refractivity contribution is 7.18. The van der Waals surface area contributed by atoms with E-state index in [1.165, 1.54) is 13.8 Å². The third-order valence-corrected chi connectivity index (χ3v) is 6.90. The van der Waals surface area contributed by atoms with Crippen LogP contribution in [0.2, 0.25) is 0 Å². The smallest absolute Gasteiger partial charge is 0.416 e. The molecule has 3 rings (SSSR count). The summed E-state index contributed by atoms with van der Waals surface area (Å²) in [7, 11) is 0. The van der Waals surface area contributed by atoms with E-state index in [2.05, 4.69) is 5.32 Å². The predicted octanol–water partition coefficient (Wildman–Crippen LogP) is 7.01. The van der Waals surface area contributed by atoms with Gasteiger partial charge in [0.1, 0.15) is 16.0 Å². The molecule has 37 heavy (non-hydrogen) atoms. The SMILES string of the molecule is CCOC(=O)c1c(NC(=O)c2cc(C(F)(F)F)cc(C(F)(F)F)c2)sc(C(=O)OC2CCCCC2)c1C. The number of rotatable bonds is 6. The van der Waals surface area contributed by atoms with Crippen LogP contribution in [0.1, 0.15) is 86.1 Å². The fourth-order valence-electron chi connectivity index (χ4n) is 3.89. The monoisotopic (exact) mass is 551 g/mol. The molecule has 6 nitrogen and oxygen atoms in total. The Hall–Kier alpha value is -3.09. The van der Waals surface area contributed by atoms with Gasteiger partial charge in [0.2, 0.25) is 0 Å². The van der Waals surface area contributed by atoms with E-state index in [0.29, 0.717) is 24.2 Å². The van der Waals surface area contributed by atoms with Crippen LogP contribution >= 0.6 is 11.3 Å². The van der Waals surface area contributed by atoms with Crippen molar-refractivity contribution in [2.24, 2.45) is 0 Å². The number of nitrogens with one attached hydrogen (secondary N) is 1. The van der Waals surface area contributed by atoms with Gasteiger partial charge in [0.05, 0.1) is 23.3 Å². The van der Waals surface area contributed by atoms with Crippen LogP contribution in [0.3, 0.4) is 0 Å². The van der Waals surface area contributed by atoms with Crippen molar-refractivity contribution >= 4 is 34.2 Å². The van der Waals surface area contributed by atoms with E-state index >= 15 is 0 Å². The molecule has 1 aromatic carbocycles. The highest BCUT2D eigenvalue weighted by Gasteiger charge is 2.38. The molecule has 1 N–H and O–H groups in total. The highest BCUT2D eigenvalue weighted by atomic mass is 32.1. The van der Waals surface area contributed by atoms with Gasteiger partial charge in [-0.1, -0.05) is 6.42 Å². The molecule has 2 aromatic rings. The molecule has 1 aliphatic carbocycles. The first-order valence-electron chi connectivity index (χ1n) is 11.3. The maximum Gasteiger partial charge on any atom is 0.416 e. The average molecular weight is 552 g/mol. The van der Waals surface area contributed by atoms with Crippen molar-refractivity contribution in [2.45, 2.75) is 64.4 Å². The van der Waals surface area contributed by atoms with Gasteiger partial charge in [-0.05, 0) is 63.3 Å². The van der Waals surface area contributed by atoms with E-state index in [4.69, 9.17) is 9.47 Å². The van der Waals surface area contributed by atoms with Gasteiger partial charge in [-0.3, -0.25) is 4.79 Å². The average Bonchev–Trinajstić information content (AvgIpc) is 3.14. The lowest BCUT2D eigenvalue weighted by atomic mass is 9.98. The Morgan fingerprint density at radius 3 is 2.03 bits per heavy atom. The van der Waals surface area contributed by atoms with Crippen LogP contribution in [0.25, 0.3) is 0 Å². The third-order valence-electron chi connectivity index (χ3n) is 5.71. The predicted molar refractivity (Wildman–Crippen MR) is 122 cm³/mol. The number of esters is 2. The lowest BCUT2D eigenvalue weighted by Crippen LogP contribution is -2.21. The number of hydrogen-bond acceptors (Lipinski definition) is 6. The first-order valence-corrected chi connectivity index (χ1v) is 12.2. The van der Waals surface area contributed by atoms with E-state index in [9.17, 15) is 40.7 Å². The number of carbonyl (C=O) groups is 3. The van der Waals surface area contributed by atoms with Gasteiger partial charge >= 0.3 is 24.3 Å². The van der Waals surface area contributed by atoms with Gasteiger partial charge in [0.15, 0.2) is 0 Å². The molecule has 202 valence electrons. The minimum Gasteiger partial charge on any atom is -0.462 e. The zero-order valence-corrected chi connectivity index (χ0v) is 20.6. The topological polar surface area (TPSA) is 81.7 Å². The maximum atomic E-state index is 13.2.